The molecule has 5 heteroatoms. The van der Waals surface area contributed by atoms with E-state index in [-0.39, 0.29) is 18.2 Å². The summed E-state index contributed by atoms with van der Waals surface area (Å²) in [5.74, 6) is 0. The maximum Gasteiger partial charge on any atom is 0.408 e. The molecular weight excluding hydrogens is 278 g/mol. The van der Waals surface area contributed by atoms with E-state index in [0.29, 0.717) is 0 Å². The summed E-state index contributed by atoms with van der Waals surface area (Å²) >= 11 is 0. The molecule has 1 aromatic carbocycles. The van der Waals surface area contributed by atoms with Crippen LogP contribution in [0.2, 0.25) is 0 Å². The van der Waals surface area contributed by atoms with Crippen LogP contribution in [-0.4, -0.2) is 49.3 Å². The minimum absolute atomic E-state index is 0.103. The Bertz CT molecular complexity index is 484. The number of hydrogen-bond donors (Lipinski definition) is 2. The van der Waals surface area contributed by atoms with E-state index in [0.717, 1.165) is 25.2 Å². The molecule has 0 bridgehead atoms. The smallest absolute Gasteiger partial charge is 0.408 e. The highest BCUT2D eigenvalue weighted by molar-refractivity contribution is 5.68. The van der Waals surface area contributed by atoms with Crippen molar-refractivity contribution in [2.45, 2.75) is 38.5 Å². The van der Waals surface area contributed by atoms with E-state index >= 15 is 0 Å². The SMILES string of the molecule is CN1CCNCC1C(NC(=O)OC(C)(C)C)c1ccccc1. The van der Waals surface area contributed by atoms with Crippen molar-refractivity contribution in [3.05, 3.63) is 35.9 Å². The number of alkyl carbamates (subject to hydrolysis) is 1. The zero-order chi connectivity index (χ0) is 16.2. The highest BCUT2D eigenvalue weighted by Crippen LogP contribution is 2.22. The fourth-order valence-corrected chi connectivity index (χ4v) is 2.70. The lowest BCUT2D eigenvalue weighted by Crippen LogP contribution is -2.55. The van der Waals surface area contributed by atoms with Crippen LogP contribution in [0.25, 0.3) is 0 Å². The van der Waals surface area contributed by atoms with Crippen LogP contribution < -0.4 is 10.6 Å². The standard InChI is InChI=1S/C17H27N3O2/c1-17(2,3)22-16(21)19-15(13-8-6-5-7-9-13)14-12-18-10-11-20(14)4/h5-9,14-15,18H,10-12H2,1-4H3,(H,19,21). The third-order valence-electron chi connectivity index (χ3n) is 3.78. The Morgan fingerprint density at radius 3 is 2.64 bits per heavy atom. The van der Waals surface area contributed by atoms with Crippen molar-refractivity contribution in [1.29, 1.82) is 0 Å². The normalized spacial score (nSPS) is 21.2. The molecule has 2 atom stereocenters. The summed E-state index contributed by atoms with van der Waals surface area (Å²) in [4.78, 5) is 14.5. The lowest BCUT2D eigenvalue weighted by molar-refractivity contribution is 0.0456. The van der Waals surface area contributed by atoms with Gasteiger partial charge in [-0.2, -0.15) is 0 Å². The van der Waals surface area contributed by atoms with Gasteiger partial charge in [-0.15, -0.1) is 0 Å². The summed E-state index contributed by atoms with van der Waals surface area (Å²) in [5.41, 5.74) is 0.594. The van der Waals surface area contributed by atoms with E-state index < -0.39 is 5.60 Å². The van der Waals surface area contributed by atoms with Crippen LogP contribution in [0.3, 0.4) is 0 Å². The molecule has 0 saturated carbocycles. The predicted octanol–water partition coefficient (Wildman–Crippen LogP) is 2.16. The maximum absolute atomic E-state index is 12.2. The van der Waals surface area contributed by atoms with Crippen molar-refractivity contribution >= 4 is 6.09 Å². The first-order chi connectivity index (χ1) is 10.4. The van der Waals surface area contributed by atoms with Crippen molar-refractivity contribution < 1.29 is 9.53 Å². The molecule has 1 amide bonds. The summed E-state index contributed by atoms with van der Waals surface area (Å²) in [7, 11) is 2.10. The van der Waals surface area contributed by atoms with Gasteiger partial charge in [0.2, 0.25) is 0 Å². The summed E-state index contributed by atoms with van der Waals surface area (Å²) in [6.07, 6.45) is -0.375. The Kier molecular flexibility index (Phi) is 5.42. The molecule has 1 fully saturated rings. The van der Waals surface area contributed by atoms with Gasteiger partial charge in [-0.05, 0) is 33.4 Å². The molecule has 1 aromatic rings. The highest BCUT2D eigenvalue weighted by Gasteiger charge is 2.31. The fourth-order valence-electron chi connectivity index (χ4n) is 2.70. The van der Waals surface area contributed by atoms with E-state index in [1.54, 1.807) is 0 Å². The van der Waals surface area contributed by atoms with Crippen LogP contribution in [-0.2, 0) is 4.74 Å². The lowest BCUT2D eigenvalue weighted by atomic mass is 9.97. The van der Waals surface area contributed by atoms with Gasteiger partial charge in [-0.25, -0.2) is 4.79 Å². The summed E-state index contributed by atoms with van der Waals surface area (Å²) in [6.45, 7) is 8.39. The molecule has 5 nitrogen and oxygen atoms in total. The van der Waals surface area contributed by atoms with Gasteiger partial charge in [0.25, 0.3) is 0 Å². The molecule has 0 spiro atoms. The number of likely N-dealkylation sites (N-methyl/N-ethyl adjacent to an activating group) is 1. The van der Waals surface area contributed by atoms with Gasteiger partial charge in [0.15, 0.2) is 0 Å². The van der Waals surface area contributed by atoms with Crippen LogP contribution in [0.4, 0.5) is 4.79 Å². The molecule has 22 heavy (non-hydrogen) atoms. The van der Waals surface area contributed by atoms with Gasteiger partial charge >= 0.3 is 6.09 Å². The van der Waals surface area contributed by atoms with Gasteiger partial charge in [-0.3, -0.25) is 4.90 Å². The summed E-state index contributed by atoms with van der Waals surface area (Å²) < 4.78 is 5.43. The molecule has 2 N–H and O–H groups in total. The van der Waals surface area contributed by atoms with Crippen molar-refractivity contribution in [3.8, 4) is 0 Å². The van der Waals surface area contributed by atoms with E-state index in [9.17, 15) is 4.79 Å². The fraction of sp³-hybridized carbons (Fsp3) is 0.588. The molecule has 0 aliphatic carbocycles. The molecule has 1 heterocycles. The zero-order valence-corrected chi connectivity index (χ0v) is 13.9. The van der Waals surface area contributed by atoms with Crippen LogP contribution in [0.5, 0.6) is 0 Å². The van der Waals surface area contributed by atoms with Gasteiger partial charge in [0.05, 0.1) is 6.04 Å². The molecule has 1 aliphatic heterocycles. The van der Waals surface area contributed by atoms with Crippen molar-refractivity contribution in [3.63, 3.8) is 0 Å². The van der Waals surface area contributed by atoms with Gasteiger partial charge < -0.3 is 15.4 Å². The van der Waals surface area contributed by atoms with Gasteiger partial charge in [-0.1, -0.05) is 30.3 Å². The first kappa shape index (κ1) is 16.8. The van der Waals surface area contributed by atoms with E-state index in [1.807, 2.05) is 51.1 Å². The van der Waals surface area contributed by atoms with E-state index in [4.69, 9.17) is 4.74 Å². The molecule has 1 saturated heterocycles. The predicted molar refractivity (Wildman–Crippen MR) is 87.8 cm³/mol. The number of carbonyl (C=O) groups excluding carboxylic acids is 1. The number of amides is 1. The number of hydrogen-bond acceptors (Lipinski definition) is 4. The molecule has 2 rings (SSSR count). The van der Waals surface area contributed by atoms with Crippen LogP contribution in [0, 0.1) is 0 Å². The Labute approximate surface area is 133 Å². The third-order valence-corrected chi connectivity index (χ3v) is 3.78. The first-order valence-corrected chi connectivity index (χ1v) is 7.82. The zero-order valence-electron chi connectivity index (χ0n) is 13.9. The van der Waals surface area contributed by atoms with Crippen molar-refractivity contribution in [2.24, 2.45) is 0 Å². The highest BCUT2D eigenvalue weighted by atomic mass is 16.6. The summed E-state index contributed by atoms with van der Waals surface area (Å²) in [5, 5.41) is 6.45. The quantitative estimate of drug-likeness (QED) is 0.898. The summed E-state index contributed by atoms with van der Waals surface area (Å²) in [6, 6.07) is 10.2. The van der Waals surface area contributed by atoms with E-state index in [2.05, 4.69) is 22.6 Å². The number of nitrogens with one attached hydrogen (secondary N) is 2. The third kappa shape index (κ3) is 4.71. The van der Waals surface area contributed by atoms with Crippen molar-refractivity contribution in [1.82, 2.24) is 15.5 Å². The number of piperazine rings is 1. The number of nitrogens with zero attached hydrogens (tertiary/aromatic N) is 1. The molecule has 0 radical (unpaired) electrons. The average Bonchev–Trinajstić information content (AvgIpc) is 2.45. The second-order valence-electron chi connectivity index (χ2n) is 6.79. The molecule has 2 unspecified atom stereocenters. The average molecular weight is 305 g/mol. The number of rotatable bonds is 3. The second-order valence-corrected chi connectivity index (χ2v) is 6.79. The first-order valence-electron chi connectivity index (χ1n) is 7.82. The van der Waals surface area contributed by atoms with Crippen LogP contribution in [0.1, 0.15) is 32.4 Å². The lowest BCUT2D eigenvalue weighted by Gasteiger charge is -2.39. The minimum atomic E-state index is -0.498. The second kappa shape index (κ2) is 7.11. The van der Waals surface area contributed by atoms with Gasteiger partial charge in [0.1, 0.15) is 5.60 Å². The number of carbonyl (C=O) groups is 1. The Morgan fingerprint density at radius 1 is 1.36 bits per heavy atom. The molecule has 1 aliphatic rings. The molecular formula is C17H27N3O2. The topological polar surface area (TPSA) is 53.6 Å². The molecule has 122 valence electrons. The monoisotopic (exact) mass is 305 g/mol. The Morgan fingerprint density at radius 2 is 2.05 bits per heavy atom. The Balaban J connectivity index is 2.17. The largest absolute Gasteiger partial charge is 0.444 e. The minimum Gasteiger partial charge on any atom is -0.444 e. The number of ether oxygens (including phenoxy) is 1. The van der Waals surface area contributed by atoms with Crippen LogP contribution >= 0.6 is 0 Å². The Hall–Kier alpha value is -1.59. The number of benzene rings is 1. The van der Waals surface area contributed by atoms with E-state index in [1.165, 1.54) is 0 Å². The van der Waals surface area contributed by atoms with Gasteiger partial charge in [0, 0.05) is 25.7 Å². The molecule has 0 aromatic heterocycles. The maximum atomic E-state index is 12.2. The van der Waals surface area contributed by atoms with Crippen molar-refractivity contribution in [2.75, 3.05) is 26.7 Å². The van der Waals surface area contributed by atoms with Crippen LogP contribution in [0.15, 0.2) is 30.3 Å².